The van der Waals surface area contributed by atoms with Crippen molar-refractivity contribution < 1.29 is 17.9 Å². The Morgan fingerprint density at radius 3 is 2.22 bits per heavy atom. The lowest BCUT2D eigenvalue weighted by Gasteiger charge is -2.29. The molecule has 7 heteroatoms. The molecule has 1 atom stereocenters. The molecule has 1 fully saturated rings. The molecule has 0 bridgehead atoms. The summed E-state index contributed by atoms with van der Waals surface area (Å²) < 4.78 is 46.7. The summed E-state index contributed by atoms with van der Waals surface area (Å²) in [7, 11) is 0. The van der Waals surface area contributed by atoms with Crippen LogP contribution in [0.5, 0.6) is 0 Å². The van der Waals surface area contributed by atoms with E-state index in [0.29, 0.717) is 31.8 Å². The van der Waals surface area contributed by atoms with Gasteiger partial charge in [0.2, 0.25) is 0 Å². The van der Waals surface area contributed by atoms with Gasteiger partial charge in [0.1, 0.15) is 0 Å². The molecule has 0 radical (unpaired) electrons. The van der Waals surface area contributed by atoms with Crippen molar-refractivity contribution in [1.29, 1.82) is 0 Å². The fourth-order valence-corrected chi connectivity index (χ4v) is 5.22. The molecule has 3 nitrogen and oxygen atoms in total. The highest BCUT2D eigenvalue weighted by atomic mass is 35.5. The second-order valence-electron chi connectivity index (χ2n) is 9.58. The smallest absolute Gasteiger partial charge is 0.377 e. The van der Waals surface area contributed by atoms with Crippen LogP contribution >= 0.6 is 11.6 Å². The minimum atomic E-state index is -4.49. The summed E-state index contributed by atoms with van der Waals surface area (Å²) in [5.41, 5.74) is 2.02. The van der Waals surface area contributed by atoms with Crippen LogP contribution in [0.2, 0.25) is 5.02 Å². The van der Waals surface area contributed by atoms with Crippen molar-refractivity contribution in [3.05, 3.63) is 106 Å². The Labute approximate surface area is 222 Å². The Morgan fingerprint density at radius 2 is 1.62 bits per heavy atom. The number of benzene rings is 3. The maximum absolute atomic E-state index is 13.5. The van der Waals surface area contributed by atoms with Crippen molar-refractivity contribution in [1.82, 2.24) is 10.2 Å². The van der Waals surface area contributed by atoms with Crippen molar-refractivity contribution in [2.75, 3.05) is 32.8 Å². The molecule has 198 valence electrons. The molecule has 3 aromatic rings. The summed E-state index contributed by atoms with van der Waals surface area (Å²) in [6.45, 7) is 4.16. The van der Waals surface area contributed by atoms with Gasteiger partial charge in [0.05, 0.1) is 16.7 Å². The van der Waals surface area contributed by atoms with E-state index in [4.69, 9.17) is 16.3 Å². The molecule has 1 unspecified atom stereocenters. The molecular weight excluding hydrogens is 497 g/mol. The molecule has 1 saturated heterocycles. The van der Waals surface area contributed by atoms with Crippen molar-refractivity contribution in [3.63, 3.8) is 0 Å². The molecule has 4 rings (SSSR count). The third-order valence-corrected chi connectivity index (χ3v) is 7.29. The predicted molar refractivity (Wildman–Crippen MR) is 143 cm³/mol. The van der Waals surface area contributed by atoms with Gasteiger partial charge in [-0.25, -0.2) is 0 Å². The van der Waals surface area contributed by atoms with Crippen molar-refractivity contribution in [3.8, 4) is 0 Å². The van der Waals surface area contributed by atoms with Gasteiger partial charge in [0, 0.05) is 38.7 Å². The van der Waals surface area contributed by atoms with E-state index >= 15 is 0 Å². The minimum Gasteiger partial charge on any atom is -0.377 e. The molecule has 3 aromatic carbocycles. The number of rotatable bonds is 11. The number of halogens is 4. The lowest BCUT2D eigenvalue weighted by atomic mass is 9.90. The van der Waals surface area contributed by atoms with E-state index in [-0.39, 0.29) is 17.0 Å². The van der Waals surface area contributed by atoms with Gasteiger partial charge in [-0.05, 0) is 48.6 Å². The highest BCUT2D eigenvalue weighted by Crippen LogP contribution is 2.37. The van der Waals surface area contributed by atoms with Crippen molar-refractivity contribution in [2.45, 2.75) is 44.0 Å². The number of ether oxygens (including phenoxy) is 1. The second-order valence-corrected chi connectivity index (χ2v) is 9.96. The van der Waals surface area contributed by atoms with Gasteiger partial charge in [-0.15, -0.1) is 0 Å². The van der Waals surface area contributed by atoms with E-state index in [2.05, 4.69) is 34.5 Å². The molecule has 0 aromatic heterocycles. The van der Waals surface area contributed by atoms with Crippen LogP contribution in [0.15, 0.2) is 78.9 Å². The van der Waals surface area contributed by atoms with Crippen LogP contribution in [0.4, 0.5) is 13.2 Å². The standard InChI is InChI=1S/C30H34ClF3N2O/c31-29-25(14-7-16-28(29)30(32,33)34)21-36(18-9-19-37-26-15-8-17-35-20-26)22-27(23-10-3-1-4-11-23)24-12-5-2-6-13-24/h1-7,10-14,16,26-27,35H,8-9,15,17-22H2. The van der Waals surface area contributed by atoms with Crippen LogP contribution in [-0.4, -0.2) is 43.8 Å². The summed E-state index contributed by atoms with van der Waals surface area (Å²) in [4.78, 5) is 2.20. The van der Waals surface area contributed by atoms with Gasteiger partial charge in [-0.1, -0.05) is 84.4 Å². The van der Waals surface area contributed by atoms with Crippen LogP contribution in [-0.2, 0) is 17.5 Å². The van der Waals surface area contributed by atoms with Crippen molar-refractivity contribution >= 4 is 11.6 Å². The first-order valence-electron chi connectivity index (χ1n) is 12.9. The first-order chi connectivity index (χ1) is 17.9. The Hall–Kier alpha value is -2.38. The maximum atomic E-state index is 13.5. The minimum absolute atomic E-state index is 0.0652. The second kappa shape index (κ2) is 13.4. The average molecular weight is 531 g/mol. The van der Waals surface area contributed by atoms with Crippen LogP contribution in [0.25, 0.3) is 0 Å². The number of hydrogen-bond acceptors (Lipinski definition) is 3. The molecule has 0 amide bonds. The first kappa shape index (κ1) is 27.6. The number of piperidine rings is 1. The third kappa shape index (κ3) is 8.05. The third-order valence-electron chi connectivity index (χ3n) is 6.85. The lowest BCUT2D eigenvalue weighted by Crippen LogP contribution is -2.36. The molecule has 1 aliphatic heterocycles. The van der Waals surface area contributed by atoms with E-state index in [0.717, 1.165) is 38.4 Å². The Kier molecular flexibility index (Phi) is 10.0. The molecule has 0 aliphatic carbocycles. The monoisotopic (exact) mass is 530 g/mol. The SMILES string of the molecule is FC(F)(F)c1cccc(CN(CCCOC2CCCNC2)CC(c2ccccc2)c2ccccc2)c1Cl. The van der Waals surface area contributed by atoms with Crippen LogP contribution in [0, 0.1) is 0 Å². The van der Waals surface area contributed by atoms with Crippen LogP contribution < -0.4 is 5.32 Å². The van der Waals surface area contributed by atoms with E-state index in [1.54, 1.807) is 6.07 Å². The molecular formula is C30H34ClF3N2O. The highest BCUT2D eigenvalue weighted by molar-refractivity contribution is 6.32. The van der Waals surface area contributed by atoms with Crippen molar-refractivity contribution in [2.24, 2.45) is 0 Å². The van der Waals surface area contributed by atoms with E-state index in [9.17, 15) is 13.2 Å². The maximum Gasteiger partial charge on any atom is 0.417 e. The zero-order valence-electron chi connectivity index (χ0n) is 20.9. The normalized spacial score (nSPS) is 16.4. The molecule has 37 heavy (non-hydrogen) atoms. The van der Waals surface area contributed by atoms with E-state index in [1.165, 1.54) is 17.2 Å². The number of alkyl halides is 3. The molecule has 1 heterocycles. The zero-order valence-corrected chi connectivity index (χ0v) is 21.6. The first-order valence-corrected chi connectivity index (χ1v) is 13.3. The summed E-state index contributed by atoms with van der Waals surface area (Å²) in [6.07, 6.45) is -1.32. The van der Waals surface area contributed by atoms with E-state index < -0.39 is 11.7 Å². The van der Waals surface area contributed by atoms with E-state index in [1.807, 2.05) is 36.4 Å². The highest BCUT2D eigenvalue weighted by Gasteiger charge is 2.34. The Balaban J connectivity index is 1.54. The molecule has 0 spiro atoms. The fraction of sp³-hybridized carbons (Fsp3) is 0.400. The lowest BCUT2D eigenvalue weighted by molar-refractivity contribution is -0.137. The Bertz CT molecular complexity index is 1050. The van der Waals surface area contributed by atoms with Crippen LogP contribution in [0.3, 0.4) is 0 Å². The predicted octanol–water partition coefficient (Wildman–Crippen LogP) is 7.15. The largest absolute Gasteiger partial charge is 0.417 e. The zero-order chi connectivity index (χ0) is 26.1. The number of hydrogen-bond donors (Lipinski definition) is 1. The van der Waals surface area contributed by atoms with Crippen LogP contribution in [0.1, 0.15) is 47.4 Å². The summed E-state index contributed by atoms with van der Waals surface area (Å²) >= 11 is 6.29. The Morgan fingerprint density at radius 1 is 0.946 bits per heavy atom. The topological polar surface area (TPSA) is 24.5 Å². The number of nitrogens with one attached hydrogen (secondary N) is 1. The van der Waals surface area contributed by atoms with Gasteiger partial charge in [0.25, 0.3) is 0 Å². The van der Waals surface area contributed by atoms with Gasteiger partial charge in [0.15, 0.2) is 0 Å². The molecule has 1 aliphatic rings. The summed E-state index contributed by atoms with van der Waals surface area (Å²) in [5, 5.41) is 3.14. The van der Waals surface area contributed by atoms with Gasteiger partial charge < -0.3 is 10.1 Å². The van der Waals surface area contributed by atoms with Gasteiger partial charge >= 0.3 is 6.18 Å². The molecule has 0 saturated carbocycles. The summed E-state index contributed by atoms with van der Waals surface area (Å²) in [5.74, 6) is 0.0652. The molecule has 1 N–H and O–H groups in total. The quantitative estimate of drug-likeness (QED) is 0.266. The fourth-order valence-electron chi connectivity index (χ4n) is 4.93. The number of nitrogens with zero attached hydrogens (tertiary/aromatic N) is 1. The van der Waals surface area contributed by atoms with Gasteiger partial charge in [-0.2, -0.15) is 13.2 Å². The summed E-state index contributed by atoms with van der Waals surface area (Å²) in [6, 6.07) is 24.6. The van der Waals surface area contributed by atoms with Gasteiger partial charge in [-0.3, -0.25) is 4.90 Å². The average Bonchev–Trinajstić information content (AvgIpc) is 2.91.